The molecule has 0 saturated heterocycles. The number of benzene rings is 4. The van der Waals surface area contributed by atoms with Crippen LogP contribution in [0.2, 0.25) is 0 Å². The maximum absolute atomic E-state index is 12.2. The number of allylic oxidation sites excluding steroid dienone is 2. The molecule has 0 atom stereocenters. The fraction of sp³-hybridized carbons (Fsp3) is 0.449. The van der Waals surface area contributed by atoms with Gasteiger partial charge in [-0.25, -0.2) is 0 Å². The van der Waals surface area contributed by atoms with Crippen molar-refractivity contribution in [2.75, 3.05) is 0 Å². The van der Waals surface area contributed by atoms with Crippen molar-refractivity contribution in [2.45, 2.75) is 127 Å². The van der Waals surface area contributed by atoms with E-state index in [4.69, 9.17) is 15.4 Å². The van der Waals surface area contributed by atoms with Gasteiger partial charge in [-0.3, -0.25) is 9.78 Å². The molecule has 0 spiro atoms. The molecule has 0 fully saturated rings. The number of rotatable bonds is 10. The second kappa shape index (κ2) is 17.1. The molecule has 0 bridgehead atoms. The van der Waals surface area contributed by atoms with Gasteiger partial charge in [0.05, 0.1) is 0 Å². The van der Waals surface area contributed by atoms with Crippen LogP contribution in [0, 0.1) is 36.5 Å². The zero-order valence-electron chi connectivity index (χ0n) is 42.2. The molecule has 55 heavy (non-hydrogen) atoms. The van der Waals surface area contributed by atoms with E-state index >= 15 is 0 Å². The first-order valence-corrected chi connectivity index (χ1v) is 19.2. The standard InChI is InChI=1S/C34H33N2O.C15H28O2.Ir/c1-19(2)14-22-9-12-27-23(16-22)10-13-28-30-31(35-21(4)36-33(30)37-32(27)28)25-17-24-15-20(3)8-11-26(24)29(18-25)34(5,6)7;1-7-14(5,8-2)12(16)11-13(17)15(6,9-3)10-4;/h8-13,15-16,18-19H,14H2,1-7H3;11,16H,7-10H2,1-6H3;/q-1;;/b;12-11-;/i3D3,4D3,14D2;;. The Kier molecular flexibility index (Phi) is 10.4. The Balaban J connectivity index is 0.000000413. The average Bonchev–Trinajstić information content (AvgIpc) is 3.60. The van der Waals surface area contributed by atoms with E-state index in [9.17, 15) is 9.90 Å². The van der Waals surface area contributed by atoms with Gasteiger partial charge in [-0.2, -0.15) is 4.98 Å². The molecule has 6 aromatic rings. The largest absolute Gasteiger partial charge is 0.512 e. The summed E-state index contributed by atoms with van der Waals surface area (Å²) in [5.41, 5.74) is 2.12. The number of hydrogen-bond acceptors (Lipinski definition) is 5. The van der Waals surface area contributed by atoms with E-state index in [2.05, 4.69) is 36.8 Å². The van der Waals surface area contributed by atoms with E-state index in [1.54, 1.807) is 24.3 Å². The summed E-state index contributed by atoms with van der Waals surface area (Å²) in [4.78, 5) is 21.1. The Labute approximate surface area is 354 Å². The number of aryl methyl sites for hydroxylation is 2. The average molecular weight is 926 g/mol. The van der Waals surface area contributed by atoms with Crippen LogP contribution in [0.15, 0.2) is 70.8 Å². The Bertz CT molecular complexity index is 2660. The molecular formula is C49H61IrN2O3-. The van der Waals surface area contributed by atoms with Gasteiger partial charge in [0, 0.05) is 69.8 Å². The SMILES string of the molecule is CCC(C)(CC)C(=O)/C=C(\O)C(C)(CC)CC.[2H]C([2H])([2H])c1ccc2c(C(C)(C)C)cc(-c3nc(C([2H])([2H])[2H])nc4oc5c6ccc(C([2H])([2H])C(C)C)cc6ccc5c34)[c-]c2c1.[Ir]. The number of carbonyl (C=O) groups excluding carboxylic acids is 1. The molecule has 0 aliphatic carbocycles. The zero-order valence-corrected chi connectivity index (χ0v) is 36.6. The molecule has 1 N–H and O–H groups in total. The van der Waals surface area contributed by atoms with Gasteiger partial charge in [0.2, 0.25) is 5.71 Å². The Morgan fingerprint density at radius 2 is 1.53 bits per heavy atom. The molecule has 0 aliphatic heterocycles. The first-order chi connectivity index (χ1) is 28.6. The van der Waals surface area contributed by atoms with Crippen molar-refractivity contribution in [3.05, 3.63) is 95.0 Å². The van der Waals surface area contributed by atoms with Gasteiger partial charge in [0.15, 0.2) is 5.78 Å². The number of carbonyl (C=O) groups is 1. The minimum Gasteiger partial charge on any atom is -0.512 e. The van der Waals surface area contributed by atoms with Crippen molar-refractivity contribution >= 4 is 49.4 Å². The van der Waals surface area contributed by atoms with Crippen LogP contribution in [0.5, 0.6) is 0 Å². The fourth-order valence-corrected chi connectivity index (χ4v) is 6.80. The van der Waals surface area contributed by atoms with Crippen molar-refractivity contribution in [1.82, 2.24) is 9.97 Å². The molecule has 6 rings (SSSR count). The van der Waals surface area contributed by atoms with E-state index < -0.39 is 20.1 Å². The molecule has 5 nitrogen and oxygen atoms in total. The molecule has 0 amide bonds. The van der Waals surface area contributed by atoms with Crippen LogP contribution in [-0.4, -0.2) is 20.9 Å². The van der Waals surface area contributed by atoms with Crippen LogP contribution >= 0.6 is 0 Å². The number of furan rings is 1. The summed E-state index contributed by atoms with van der Waals surface area (Å²) >= 11 is 0. The number of nitrogens with zero attached hydrogens (tertiary/aromatic N) is 2. The second-order valence-corrected chi connectivity index (χ2v) is 16.4. The number of ketones is 1. The van der Waals surface area contributed by atoms with E-state index in [-0.39, 0.29) is 70.9 Å². The molecule has 2 aromatic heterocycles. The van der Waals surface area contributed by atoms with Crippen LogP contribution in [0.25, 0.3) is 54.9 Å². The number of aromatic nitrogens is 2. The quantitative estimate of drug-likeness (QED) is 0.0841. The summed E-state index contributed by atoms with van der Waals surface area (Å²) in [6.07, 6.45) is 3.23. The Morgan fingerprint density at radius 3 is 2.13 bits per heavy atom. The molecule has 295 valence electrons. The molecule has 0 saturated carbocycles. The molecule has 4 aromatic carbocycles. The van der Waals surface area contributed by atoms with E-state index in [1.807, 2.05) is 85.7 Å². The molecule has 1 radical (unpaired) electrons. The maximum Gasteiger partial charge on any atom is 0.223 e. The fourth-order valence-electron chi connectivity index (χ4n) is 6.80. The first-order valence-electron chi connectivity index (χ1n) is 23.2. The van der Waals surface area contributed by atoms with E-state index in [1.165, 1.54) is 6.08 Å². The minimum absolute atomic E-state index is 0. The predicted molar refractivity (Wildman–Crippen MR) is 228 cm³/mol. The van der Waals surface area contributed by atoms with Gasteiger partial charge in [0.25, 0.3) is 0 Å². The van der Waals surface area contributed by atoms with Crippen molar-refractivity contribution in [2.24, 2.45) is 16.7 Å². The van der Waals surface area contributed by atoms with Crippen molar-refractivity contribution in [1.29, 1.82) is 0 Å². The van der Waals surface area contributed by atoms with Crippen LogP contribution in [0.1, 0.15) is 135 Å². The molecule has 6 heteroatoms. The van der Waals surface area contributed by atoms with Crippen LogP contribution in [0.3, 0.4) is 0 Å². The number of aliphatic hydroxyl groups excluding tert-OH is 1. The first kappa shape index (κ1) is 33.3. The summed E-state index contributed by atoms with van der Waals surface area (Å²) in [5, 5.41) is 14.3. The van der Waals surface area contributed by atoms with E-state index in [0.717, 1.165) is 47.4 Å². The van der Waals surface area contributed by atoms with Gasteiger partial charge >= 0.3 is 0 Å². The molecular weight excluding hydrogens is 857 g/mol. The molecule has 0 aliphatic rings. The smallest absolute Gasteiger partial charge is 0.223 e. The normalized spacial score (nSPS) is 15.6. The monoisotopic (exact) mass is 926 g/mol. The van der Waals surface area contributed by atoms with Gasteiger partial charge in [0.1, 0.15) is 17.2 Å². The second-order valence-electron chi connectivity index (χ2n) is 16.4. The third-order valence-electron chi connectivity index (χ3n) is 11.3. The zero-order chi connectivity index (χ0) is 46.5. The third-order valence-corrected chi connectivity index (χ3v) is 11.3. The van der Waals surface area contributed by atoms with Crippen LogP contribution in [-0.2, 0) is 36.7 Å². The third kappa shape index (κ3) is 9.08. The van der Waals surface area contributed by atoms with Crippen molar-refractivity contribution < 1.29 is 45.4 Å². The van der Waals surface area contributed by atoms with E-state index in [0.29, 0.717) is 38.6 Å². The number of fused-ring (bicyclic) bond motifs is 6. The van der Waals surface area contributed by atoms with Crippen molar-refractivity contribution in [3.63, 3.8) is 0 Å². The molecule has 2 heterocycles. The number of aliphatic hydroxyl groups is 1. The van der Waals surface area contributed by atoms with Gasteiger partial charge in [-0.15, -0.1) is 29.1 Å². The Hall–Kier alpha value is -3.86. The van der Waals surface area contributed by atoms with Crippen LogP contribution in [0.4, 0.5) is 0 Å². The summed E-state index contributed by atoms with van der Waals surface area (Å²) in [7, 11) is 0. The summed E-state index contributed by atoms with van der Waals surface area (Å²) in [6, 6.07) is 19.5. The topological polar surface area (TPSA) is 76.2 Å². The predicted octanol–water partition coefficient (Wildman–Crippen LogP) is 13.9. The Morgan fingerprint density at radius 1 is 0.873 bits per heavy atom. The summed E-state index contributed by atoms with van der Waals surface area (Å²) < 4.78 is 71.6. The molecule has 0 unspecified atom stereocenters. The summed E-state index contributed by atoms with van der Waals surface area (Å²) in [6.45, 7) is 17.0. The summed E-state index contributed by atoms with van der Waals surface area (Å²) in [5.74, 6) is -0.315. The number of hydrogen-bond donors (Lipinski definition) is 1. The van der Waals surface area contributed by atoms with Gasteiger partial charge < -0.3 is 9.52 Å². The maximum atomic E-state index is 12.2. The van der Waals surface area contributed by atoms with Gasteiger partial charge in [-0.1, -0.05) is 135 Å². The van der Waals surface area contributed by atoms with Crippen LogP contribution < -0.4 is 0 Å². The van der Waals surface area contributed by atoms with Gasteiger partial charge in [-0.05, 0) is 68.0 Å². The minimum atomic E-state index is -2.63. The van der Waals surface area contributed by atoms with Crippen molar-refractivity contribution in [3.8, 4) is 11.3 Å².